The lowest BCUT2D eigenvalue weighted by Gasteiger charge is -2.28. The van der Waals surface area contributed by atoms with Gasteiger partial charge in [0.05, 0.1) is 0 Å². The van der Waals surface area contributed by atoms with Gasteiger partial charge in [-0.2, -0.15) is 0 Å². The lowest BCUT2D eigenvalue weighted by Crippen LogP contribution is -2.40. The fraction of sp³-hybridized carbons (Fsp3) is 0.500. The van der Waals surface area contributed by atoms with Crippen molar-refractivity contribution in [2.45, 2.75) is 12.8 Å². The Morgan fingerprint density at radius 3 is 2.50 bits per heavy atom. The molecular weight excluding hydrogens is 190 g/mol. The van der Waals surface area contributed by atoms with Crippen molar-refractivity contribution in [3.8, 4) is 0 Å². The normalized spacial score (nSPS) is 21.6. The molecule has 1 fully saturated rings. The Morgan fingerprint density at radius 1 is 1.43 bits per heavy atom. The summed E-state index contributed by atoms with van der Waals surface area (Å²) in [5.41, 5.74) is -0.295. The van der Waals surface area contributed by atoms with Crippen molar-refractivity contribution in [2.24, 2.45) is 5.92 Å². The average Bonchev–Trinajstić information content (AvgIpc) is 2.16. The molecule has 0 aromatic carbocycles. The molecule has 14 heavy (non-hydrogen) atoms. The molecule has 1 aliphatic rings. The van der Waals surface area contributed by atoms with Crippen molar-refractivity contribution in [3.05, 3.63) is 5.70 Å². The Labute approximate surface area is 79.4 Å². The molecule has 6 nitrogen and oxygen atoms in total. The van der Waals surface area contributed by atoms with Gasteiger partial charge in [0.15, 0.2) is 0 Å². The summed E-state index contributed by atoms with van der Waals surface area (Å²) >= 11 is 0. The van der Waals surface area contributed by atoms with Gasteiger partial charge in [0.2, 0.25) is 0 Å². The maximum Gasteiger partial charge on any atom is 0.412 e. The third-order valence-electron chi connectivity index (χ3n) is 2.13. The zero-order valence-electron chi connectivity index (χ0n) is 7.27. The van der Waals surface area contributed by atoms with Crippen molar-refractivity contribution in [2.75, 3.05) is 6.54 Å². The smallest absolute Gasteiger partial charge is 0.412 e. The third-order valence-corrected chi connectivity index (χ3v) is 2.13. The molecule has 1 atom stereocenters. The summed E-state index contributed by atoms with van der Waals surface area (Å²) in [4.78, 5) is 32.5. The third kappa shape index (κ3) is 1.75. The molecule has 1 amide bonds. The average molecular weight is 199 g/mol. The number of rotatable bonds is 1. The van der Waals surface area contributed by atoms with E-state index in [1.54, 1.807) is 0 Å². The van der Waals surface area contributed by atoms with E-state index in [2.05, 4.69) is 0 Å². The molecule has 0 aromatic rings. The molecule has 2 N–H and O–H groups in total. The Kier molecular flexibility index (Phi) is 2.89. The van der Waals surface area contributed by atoms with Gasteiger partial charge in [-0.1, -0.05) is 0 Å². The molecule has 1 heterocycles. The Morgan fingerprint density at radius 2 is 2.07 bits per heavy atom. The van der Waals surface area contributed by atoms with Gasteiger partial charge in [0.1, 0.15) is 17.6 Å². The van der Waals surface area contributed by atoms with E-state index in [9.17, 15) is 14.4 Å². The second-order valence-electron chi connectivity index (χ2n) is 2.95. The second kappa shape index (κ2) is 3.93. The standard InChI is InChI=1S/C8H9NO5/c10-4-6-5(7(11)12)2-1-3-9(6)8(13)14/h5H,1-3H2,(H,11,12)(H,13,14). The lowest BCUT2D eigenvalue weighted by molar-refractivity contribution is -0.141. The van der Waals surface area contributed by atoms with Crippen LogP contribution in [0, 0.1) is 5.92 Å². The van der Waals surface area contributed by atoms with E-state index in [1.807, 2.05) is 0 Å². The second-order valence-corrected chi connectivity index (χ2v) is 2.95. The number of nitrogens with zero attached hydrogens (tertiary/aromatic N) is 1. The number of hydrogen-bond donors (Lipinski definition) is 2. The number of amides is 1. The number of carboxylic acids is 1. The van der Waals surface area contributed by atoms with Gasteiger partial charge in [-0.3, -0.25) is 9.69 Å². The van der Waals surface area contributed by atoms with Crippen LogP contribution in [-0.4, -0.2) is 39.7 Å². The van der Waals surface area contributed by atoms with Gasteiger partial charge in [0, 0.05) is 6.54 Å². The fourth-order valence-corrected chi connectivity index (χ4v) is 1.46. The van der Waals surface area contributed by atoms with Crippen LogP contribution in [0.3, 0.4) is 0 Å². The van der Waals surface area contributed by atoms with Crippen LogP contribution in [0.2, 0.25) is 0 Å². The van der Waals surface area contributed by atoms with Crippen molar-refractivity contribution in [1.82, 2.24) is 4.90 Å². The van der Waals surface area contributed by atoms with Crippen LogP contribution in [0.5, 0.6) is 0 Å². The van der Waals surface area contributed by atoms with E-state index >= 15 is 0 Å². The molecule has 0 spiro atoms. The topological polar surface area (TPSA) is 94.9 Å². The first-order valence-corrected chi connectivity index (χ1v) is 4.06. The summed E-state index contributed by atoms with van der Waals surface area (Å²) < 4.78 is 0. The van der Waals surface area contributed by atoms with Crippen molar-refractivity contribution in [3.63, 3.8) is 0 Å². The molecule has 1 saturated heterocycles. The number of carbonyl (C=O) groups is 2. The molecule has 0 aromatic heterocycles. The van der Waals surface area contributed by atoms with Crippen molar-refractivity contribution < 1.29 is 24.6 Å². The van der Waals surface area contributed by atoms with E-state index in [4.69, 9.17) is 10.2 Å². The highest BCUT2D eigenvalue weighted by atomic mass is 16.4. The number of aliphatic carboxylic acids is 1. The summed E-state index contributed by atoms with van der Waals surface area (Å²) in [5.74, 6) is -0.832. The van der Waals surface area contributed by atoms with Crippen LogP contribution in [-0.2, 0) is 9.59 Å². The molecule has 1 aliphatic heterocycles. The first-order valence-electron chi connectivity index (χ1n) is 4.06. The SMILES string of the molecule is O=C=C1C(C(=O)O)CCCN1C(=O)O. The summed E-state index contributed by atoms with van der Waals surface area (Å²) in [6, 6.07) is 0. The van der Waals surface area contributed by atoms with Crippen LogP contribution in [0.25, 0.3) is 0 Å². The van der Waals surface area contributed by atoms with E-state index in [0.29, 0.717) is 6.42 Å². The number of carboxylic acid groups (broad SMARTS) is 2. The Hall–Kier alpha value is -1.81. The van der Waals surface area contributed by atoms with Gasteiger partial charge in [0.25, 0.3) is 0 Å². The van der Waals surface area contributed by atoms with Gasteiger partial charge in [-0.25, -0.2) is 9.59 Å². The molecule has 0 radical (unpaired) electrons. The van der Waals surface area contributed by atoms with E-state index < -0.39 is 18.0 Å². The van der Waals surface area contributed by atoms with Crippen molar-refractivity contribution in [1.29, 1.82) is 0 Å². The predicted molar refractivity (Wildman–Crippen MR) is 44.3 cm³/mol. The zero-order chi connectivity index (χ0) is 10.7. The van der Waals surface area contributed by atoms with Crippen LogP contribution in [0.1, 0.15) is 12.8 Å². The maximum absolute atomic E-state index is 10.7. The quantitative estimate of drug-likeness (QED) is 0.587. The number of likely N-dealkylation sites (tertiary alicyclic amines) is 1. The Bertz CT molecular complexity index is 294. The number of piperidine rings is 1. The van der Waals surface area contributed by atoms with Crippen LogP contribution in [0.15, 0.2) is 5.70 Å². The first-order chi connectivity index (χ1) is 6.57. The van der Waals surface area contributed by atoms with Crippen LogP contribution < -0.4 is 0 Å². The van der Waals surface area contributed by atoms with Crippen LogP contribution >= 0.6 is 0 Å². The summed E-state index contributed by atoms with van der Waals surface area (Å²) in [6.45, 7) is 0.156. The molecule has 6 heteroatoms. The molecule has 0 aliphatic carbocycles. The molecule has 76 valence electrons. The first kappa shape index (κ1) is 10.3. The van der Waals surface area contributed by atoms with Gasteiger partial charge < -0.3 is 10.2 Å². The largest absolute Gasteiger partial charge is 0.481 e. The monoisotopic (exact) mass is 199 g/mol. The lowest BCUT2D eigenvalue weighted by atomic mass is 9.95. The van der Waals surface area contributed by atoms with E-state index in [0.717, 1.165) is 4.90 Å². The predicted octanol–water partition coefficient (Wildman–Crippen LogP) is 0.177. The van der Waals surface area contributed by atoms with Gasteiger partial charge >= 0.3 is 12.1 Å². The van der Waals surface area contributed by atoms with Gasteiger partial charge in [-0.15, -0.1) is 0 Å². The minimum Gasteiger partial charge on any atom is -0.481 e. The highest BCUT2D eigenvalue weighted by Gasteiger charge is 2.34. The summed E-state index contributed by atoms with van der Waals surface area (Å²) in [5, 5.41) is 17.4. The molecule has 1 unspecified atom stereocenters. The number of carbonyl (C=O) groups excluding carboxylic acids is 1. The maximum atomic E-state index is 10.7. The molecule has 1 rings (SSSR count). The molecule has 0 bridgehead atoms. The molecule has 0 saturated carbocycles. The fourth-order valence-electron chi connectivity index (χ4n) is 1.46. The highest BCUT2D eigenvalue weighted by Crippen LogP contribution is 2.25. The minimum atomic E-state index is -1.31. The summed E-state index contributed by atoms with van der Waals surface area (Å²) in [6.07, 6.45) is -0.590. The minimum absolute atomic E-state index is 0.156. The highest BCUT2D eigenvalue weighted by molar-refractivity contribution is 5.81. The van der Waals surface area contributed by atoms with Gasteiger partial charge in [-0.05, 0) is 12.8 Å². The van der Waals surface area contributed by atoms with Crippen LogP contribution in [0.4, 0.5) is 4.79 Å². The summed E-state index contributed by atoms with van der Waals surface area (Å²) in [7, 11) is 0. The molecular formula is C8H9NO5. The van der Waals surface area contributed by atoms with Crippen molar-refractivity contribution >= 4 is 18.0 Å². The Balaban J connectivity index is 2.98. The zero-order valence-corrected chi connectivity index (χ0v) is 7.27. The van der Waals surface area contributed by atoms with E-state index in [-0.39, 0.29) is 18.7 Å². The van der Waals surface area contributed by atoms with E-state index in [1.165, 1.54) is 5.94 Å². The number of hydrogen-bond acceptors (Lipinski definition) is 3.